The first kappa shape index (κ1) is 24.4. The van der Waals surface area contributed by atoms with E-state index in [1.807, 2.05) is 0 Å². The number of carbonyl (C=O) groups is 3. The Morgan fingerprint density at radius 2 is 1.77 bits per heavy atom. The molecule has 26 heavy (non-hydrogen) atoms. The molecule has 0 heterocycles. The molecule has 0 radical (unpaired) electrons. The van der Waals surface area contributed by atoms with E-state index in [2.05, 4.69) is 10.3 Å². The number of nitrogens with one attached hydrogen (secondary N) is 1. The smallest absolute Gasteiger partial charge is 0.308 e. The zero-order valence-electron chi connectivity index (χ0n) is 15.2. The summed E-state index contributed by atoms with van der Waals surface area (Å²) in [5.41, 5.74) is 15.7. The fraction of sp³-hybridized carbons (Fsp3) is 0.733. The largest absolute Gasteiger partial charge is 0.465 e. The van der Waals surface area contributed by atoms with Crippen LogP contribution in [0.4, 0.5) is 0 Å². The van der Waals surface area contributed by atoms with Crippen molar-refractivity contribution in [1.82, 2.24) is 5.32 Å². The van der Waals surface area contributed by atoms with Crippen molar-refractivity contribution >= 4 is 45.3 Å². The first-order valence-corrected chi connectivity index (χ1v) is 10.8. The minimum absolute atomic E-state index is 0.0156. The van der Waals surface area contributed by atoms with E-state index in [1.165, 1.54) is 21.6 Å². The number of guanidine groups is 1. The lowest BCUT2D eigenvalue weighted by Gasteiger charge is -2.14. The lowest BCUT2D eigenvalue weighted by molar-refractivity contribution is -0.146. The Balaban J connectivity index is 3.84. The number of nitrogens with two attached hydrogens (primary N) is 3. The van der Waals surface area contributed by atoms with E-state index in [4.69, 9.17) is 21.9 Å². The Hall–Kier alpha value is -1.62. The van der Waals surface area contributed by atoms with Crippen molar-refractivity contribution in [2.45, 2.75) is 39.2 Å². The van der Waals surface area contributed by atoms with E-state index in [0.29, 0.717) is 37.5 Å². The molecule has 0 aliphatic rings. The Labute approximate surface area is 162 Å². The molecule has 1 atom stereocenters. The van der Waals surface area contributed by atoms with Gasteiger partial charge in [-0.2, -0.15) is 0 Å². The predicted molar refractivity (Wildman–Crippen MR) is 106 cm³/mol. The highest BCUT2D eigenvalue weighted by Gasteiger charge is 2.17. The number of esters is 1. The standard InChI is InChI=1S/C15H29N5O4S2/c1-10(2)14(23)24-7-9-26-25-8-5-12(21)20-11(13(16)22)4-3-6-19-15(17)18/h10-11H,3-9H2,1-2H3,(H2,16,22)(H,20,21)(H4,17,18,19). The van der Waals surface area contributed by atoms with Gasteiger partial charge in [0.15, 0.2) is 5.96 Å². The third kappa shape index (κ3) is 13.6. The molecule has 1 unspecified atom stereocenters. The summed E-state index contributed by atoms with van der Waals surface area (Å²) in [4.78, 5) is 38.3. The van der Waals surface area contributed by atoms with E-state index >= 15 is 0 Å². The quantitative estimate of drug-likeness (QED) is 0.103. The normalized spacial score (nSPS) is 11.7. The molecule has 0 aliphatic heterocycles. The molecule has 2 amide bonds. The fourth-order valence-electron chi connectivity index (χ4n) is 1.65. The summed E-state index contributed by atoms with van der Waals surface area (Å²) >= 11 is 0. The second-order valence-electron chi connectivity index (χ2n) is 5.69. The SMILES string of the molecule is CC(C)C(=O)OCCSSCCC(=O)NC(CCCN=C(N)N)C(N)=O. The molecule has 0 saturated heterocycles. The number of aliphatic imine (C=N–C) groups is 1. The van der Waals surface area contributed by atoms with Crippen LogP contribution in [0.15, 0.2) is 4.99 Å². The van der Waals surface area contributed by atoms with Crippen LogP contribution in [0, 0.1) is 5.92 Å². The molecule has 0 aliphatic carbocycles. The molecule has 0 aromatic carbocycles. The topological polar surface area (TPSA) is 163 Å². The summed E-state index contributed by atoms with van der Waals surface area (Å²) in [7, 11) is 3.03. The lowest BCUT2D eigenvalue weighted by Crippen LogP contribution is -2.44. The van der Waals surface area contributed by atoms with Crippen LogP contribution in [0.5, 0.6) is 0 Å². The van der Waals surface area contributed by atoms with Crippen molar-refractivity contribution in [1.29, 1.82) is 0 Å². The predicted octanol–water partition coefficient (Wildman–Crippen LogP) is -0.0192. The van der Waals surface area contributed by atoms with Gasteiger partial charge in [-0.25, -0.2) is 0 Å². The van der Waals surface area contributed by atoms with Crippen LogP contribution in [0.1, 0.15) is 33.1 Å². The number of primary amides is 1. The second-order valence-corrected chi connectivity index (χ2v) is 8.39. The van der Waals surface area contributed by atoms with Crippen LogP contribution in [-0.2, 0) is 19.1 Å². The number of hydrogen-bond acceptors (Lipinski definition) is 7. The summed E-state index contributed by atoms with van der Waals surface area (Å²) < 4.78 is 5.04. The third-order valence-electron chi connectivity index (χ3n) is 3.00. The second kappa shape index (κ2) is 14.5. The van der Waals surface area contributed by atoms with Crippen LogP contribution in [0.2, 0.25) is 0 Å². The Morgan fingerprint density at radius 1 is 1.12 bits per heavy atom. The number of carbonyl (C=O) groups excluding carboxylic acids is 3. The van der Waals surface area contributed by atoms with E-state index in [1.54, 1.807) is 13.8 Å². The van der Waals surface area contributed by atoms with Crippen LogP contribution < -0.4 is 22.5 Å². The van der Waals surface area contributed by atoms with E-state index in [-0.39, 0.29) is 30.2 Å². The molecule has 11 heteroatoms. The van der Waals surface area contributed by atoms with Crippen molar-refractivity contribution in [3.05, 3.63) is 0 Å². The summed E-state index contributed by atoms with van der Waals surface area (Å²) in [5.74, 6) is 0.0413. The molecule has 0 spiro atoms. The molecule has 0 aromatic heterocycles. The molecule has 150 valence electrons. The Bertz CT molecular complexity index is 485. The summed E-state index contributed by atoms with van der Waals surface area (Å²) in [6, 6.07) is -0.732. The monoisotopic (exact) mass is 407 g/mol. The fourth-order valence-corrected chi connectivity index (χ4v) is 3.47. The van der Waals surface area contributed by atoms with Crippen molar-refractivity contribution < 1.29 is 19.1 Å². The molecule has 9 nitrogen and oxygen atoms in total. The zero-order chi connectivity index (χ0) is 19.9. The number of ether oxygens (including phenoxy) is 1. The van der Waals surface area contributed by atoms with Gasteiger partial charge in [0.05, 0.1) is 5.92 Å². The summed E-state index contributed by atoms with van der Waals surface area (Å²) in [5, 5.41) is 2.62. The molecule has 0 aromatic rings. The lowest BCUT2D eigenvalue weighted by atomic mass is 10.1. The highest BCUT2D eigenvalue weighted by atomic mass is 33.1. The van der Waals surface area contributed by atoms with Crippen LogP contribution in [-0.4, -0.2) is 54.4 Å². The molecule has 7 N–H and O–H groups in total. The van der Waals surface area contributed by atoms with E-state index in [9.17, 15) is 14.4 Å². The van der Waals surface area contributed by atoms with Gasteiger partial charge in [-0.1, -0.05) is 35.4 Å². The van der Waals surface area contributed by atoms with Crippen molar-refractivity contribution in [3.63, 3.8) is 0 Å². The molecule has 0 fully saturated rings. The van der Waals surface area contributed by atoms with Crippen LogP contribution in [0.25, 0.3) is 0 Å². The van der Waals surface area contributed by atoms with Gasteiger partial charge >= 0.3 is 5.97 Å². The van der Waals surface area contributed by atoms with E-state index in [0.717, 1.165) is 0 Å². The van der Waals surface area contributed by atoms with Gasteiger partial charge in [0.1, 0.15) is 12.6 Å². The highest BCUT2D eigenvalue weighted by molar-refractivity contribution is 8.76. The van der Waals surface area contributed by atoms with Gasteiger partial charge in [0.2, 0.25) is 11.8 Å². The van der Waals surface area contributed by atoms with Gasteiger partial charge in [0, 0.05) is 24.5 Å². The Kier molecular flexibility index (Phi) is 13.6. The number of amides is 2. The maximum atomic E-state index is 11.9. The van der Waals surface area contributed by atoms with Gasteiger partial charge < -0.3 is 27.3 Å². The van der Waals surface area contributed by atoms with Gasteiger partial charge in [-0.05, 0) is 12.8 Å². The average molecular weight is 408 g/mol. The van der Waals surface area contributed by atoms with Crippen molar-refractivity contribution in [2.75, 3.05) is 24.7 Å². The maximum absolute atomic E-state index is 11.9. The maximum Gasteiger partial charge on any atom is 0.308 e. The number of rotatable bonds is 14. The van der Waals surface area contributed by atoms with Crippen molar-refractivity contribution in [2.24, 2.45) is 28.1 Å². The average Bonchev–Trinajstić information content (AvgIpc) is 2.55. The van der Waals surface area contributed by atoms with Gasteiger partial charge in [-0.3, -0.25) is 19.4 Å². The highest BCUT2D eigenvalue weighted by Crippen LogP contribution is 2.21. The van der Waals surface area contributed by atoms with Crippen molar-refractivity contribution in [3.8, 4) is 0 Å². The summed E-state index contributed by atoms with van der Waals surface area (Å²) in [6.07, 6.45) is 1.17. The van der Waals surface area contributed by atoms with Crippen LogP contribution in [0.3, 0.4) is 0 Å². The van der Waals surface area contributed by atoms with E-state index < -0.39 is 11.9 Å². The molecule has 0 rings (SSSR count). The minimum atomic E-state index is -0.732. The molecular weight excluding hydrogens is 378 g/mol. The third-order valence-corrected chi connectivity index (χ3v) is 5.37. The summed E-state index contributed by atoms with van der Waals surface area (Å²) in [6.45, 7) is 4.28. The van der Waals surface area contributed by atoms with Gasteiger partial charge in [0.25, 0.3) is 0 Å². The molecule has 0 saturated carbocycles. The first-order chi connectivity index (χ1) is 12.2. The van der Waals surface area contributed by atoms with Gasteiger partial charge in [-0.15, -0.1) is 0 Å². The van der Waals surface area contributed by atoms with Crippen LogP contribution >= 0.6 is 21.6 Å². The molecule has 0 bridgehead atoms. The minimum Gasteiger partial charge on any atom is -0.465 e. The first-order valence-electron chi connectivity index (χ1n) is 8.29. The zero-order valence-corrected chi connectivity index (χ0v) is 16.9. The number of nitrogens with zero attached hydrogens (tertiary/aromatic N) is 1. The Morgan fingerprint density at radius 3 is 2.35 bits per heavy atom. The molecular formula is C15H29N5O4S2. The number of hydrogen-bond donors (Lipinski definition) is 4.